The quantitative estimate of drug-likeness (QED) is 0.393. The van der Waals surface area contributed by atoms with Crippen LogP contribution in [-0.2, 0) is 0 Å². The molecule has 3 aromatic rings. The number of amides is 2. The van der Waals surface area contributed by atoms with Gasteiger partial charge in [-0.15, -0.1) is 0 Å². The highest BCUT2D eigenvalue weighted by Crippen LogP contribution is 2.33. The molecule has 158 valence electrons. The molecule has 2 amide bonds. The van der Waals surface area contributed by atoms with Crippen molar-refractivity contribution in [3.8, 4) is 0 Å². The number of rotatable bonds is 3. The minimum absolute atomic E-state index is 0.0692. The van der Waals surface area contributed by atoms with Crippen LogP contribution in [0.15, 0.2) is 83.0 Å². The molecule has 5 nitrogen and oxygen atoms in total. The van der Waals surface area contributed by atoms with E-state index in [0.717, 1.165) is 0 Å². The summed E-state index contributed by atoms with van der Waals surface area (Å²) in [6.07, 6.45) is 0. The Kier molecular flexibility index (Phi) is 6.11. The zero-order chi connectivity index (χ0) is 23.0. The molecule has 0 radical (unpaired) electrons. The summed E-state index contributed by atoms with van der Waals surface area (Å²) in [4.78, 5) is 54.0. The lowest BCUT2D eigenvalue weighted by atomic mass is 9.91. The Labute approximate surface area is 201 Å². The van der Waals surface area contributed by atoms with E-state index in [1.165, 1.54) is 36.4 Å². The fourth-order valence-corrected chi connectivity index (χ4v) is 4.28. The monoisotopic (exact) mass is 527 g/mol. The van der Waals surface area contributed by atoms with Crippen molar-refractivity contribution in [1.82, 2.24) is 4.90 Å². The van der Waals surface area contributed by atoms with Crippen molar-refractivity contribution in [2.24, 2.45) is 0 Å². The second-order valence-electron chi connectivity index (χ2n) is 6.83. The van der Waals surface area contributed by atoms with Crippen molar-refractivity contribution in [2.45, 2.75) is 0 Å². The lowest BCUT2D eigenvalue weighted by molar-refractivity contribution is 0.0642. The van der Waals surface area contributed by atoms with Gasteiger partial charge < -0.3 is 0 Å². The van der Waals surface area contributed by atoms with Gasteiger partial charge in [-0.1, -0.05) is 59.6 Å². The zero-order valence-electron chi connectivity index (χ0n) is 16.1. The van der Waals surface area contributed by atoms with Crippen molar-refractivity contribution in [2.75, 3.05) is 0 Å². The number of fused-ring (bicyclic) bond motifs is 1. The van der Waals surface area contributed by atoms with Crippen LogP contribution >= 0.6 is 39.1 Å². The van der Waals surface area contributed by atoms with Gasteiger partial charge in [0.2, 0.25) is 11.6 Å². The molecule has 1 aliphatic rings. The van der Waals surface area contributed by atoms with Gasteiger partial charge in [-0.25, -0.2) is 4.90 Å². The minimum atomic E-state index is -0.815. The summed E-state index contributed by atoms with van der Waals surface area (Å²) in [7, 11) is 0. The number of benzene rings is 3. The number of imide groups is 1. The third-order valence-corrected chi connectivity index (χ3v) is 6.02. The Bertz CT molecular complexity index is 1290. The van der Waals surface area contributed by atoms with Crippen molar-refractivity contribution in [3.05, 3.63) is 115 Å². The Morgan fingerprint density at radius 1 is 0.688 bits per heavy atom. The van der Waals surface area contributed by atoms with Gasteiger partial charge in [0, 0.05) is 32.3 Å². The number of nitrogens with zero attached hydrogens (tertiary/aromatic N) is 1. The Morgan fingerprint density at radius 2 is 1.16 bits per heavy atom. The standard InChI is InChI=1S/C24H12BrCl2NO4/c25-19-20(22(30)18-10-2-1-9-17(18)21(19)29)28(23(31)13-5-3-7-15(26)11-13)24(32)14-6-4-8-16(27)12-14/h1-12H. The average Bonchev–Trinajstić information content (AvgIpc) is 2.79. The van der Waals surface area contributed by atoms with Gasteiger partial charge in [-0.3, -0.25) is 19.2 Å². The molecule has 0 aromatic heterocycles. The van der Waals surface area contributed by atoms with Crippen LogP contribution < -0.4 is 0 Å². The first kappa shape index (κ1) is 22.1. The molecule has 0 fully saturated rings. The van der Waals surface area contributed by atoms with Crippen molar-refractivity contribution in [1.29, 1.82) is 0 Å². The first-order valence-corrected chi connectivity index (χ1v) is 10.8. The fourth-order valence-electron chi connectivity index (χ4n) is 3.33. The lowest BCUT2D eigenvalue weighted by Gasteiger charge is -2.27. The predicted octanol–water partition coefficient (Wildman–Crippen LogP) is 5.96. The Morgan fingerprint density at radius 3 is 1.62 bits per heavy atom. The first-order valence-electron chi connectivity index (χ1n) is 9.27. The Hall–Kier alpha value is -3.06. The van der Waals surface area contributed by atoms with E-state index in [9.17, 15) is 19.2 Å². The molecule has 3 aromatic carbocycles. The molecular weight excluding hydrogens is 517 g/mol. The van der Waals surface area contributed by atoms with E-state index in [1.54, 1.807) is 36.4 Å². The van der Waals surface area contributed by atoms with Crippen LogP contribution in [0.5, 0.6) is 0 Å². The van der Waals surface area contributed by atoms with Crippen LogP contribution in [0, 0.1) is 0 Å². The number of allylic oxidation sites excluding steroid dienone is 2. The molecule has 0 atom stereocenters. The van der Waals surface area contributed by atoms with Gasteiger partial charge in [-0.05, 0) is 52.3 Å². The first-order chi connectivity index (χ1) is 15.3. The second kappa shape index (κ2) is 8.82. The third kappa shape index (κ3) is 3.93. The number of carbonyl (C=O) groups excluding carboxylic acids is 4. The molecule has 0 N–H and O–H groups in total. The van der Waals surface area contributed by atoms with Crippen LogP contribution in [-0.4, -0.2) is 28.3 Å². The van der Waals surface area contributed by atoms with E-state index in [0.29, 0.717) is 4.90 Å². The van der Waals surface area contributed by atoms with Crippen LogP contribution in [0.2, 0.25) is 10.0 Å². The van der Waals surface area contributed by atoms with Crippen LogP contribution in [0.1, 0.15) is 41.4 Å². The second-order valence-corrected chi connectivity index (χ2v) is 8.50. The molecule has 8 heteroatoms. The van der Waals surface area contributed by atoms with Gasteiger partial charge in [0.15, 0.2) is 0 Å². The highest BCUT2D eigenvalue weighted by molar-refractivity contribution is 9.12. The van der Waals surface area contributed by atoms with E-state index in [1.807, 2.05) is 0 Å². The summed E-state index contributed by atoms with van der Waals surface area (Å²) in [5, 5.41) is 0.547. The summed E-state index contributed by atoms with van der Waals surface area (Å²) in [5.41, 5.74) is 0.0418. The molecule has 0 aliphatic heterocycles. The molecule has 0 heterocycles. The largest absolute Gasteiger partial charge is 0.288 e. The maximum Gasteiger partial charge on any atom is 0.265 e. The number of carbonyl (C=O) groups is 4. The number of hydrogen-bond donors (Lipinski definition) is 0. The SMILES string of the molecule is O=C1C(Br)=C(N(C(=O)c2cccc(Cl)c2)C(=O)c2cccc(Cl)c2)C(=O)c2ccccc21. The highest BCUT2D eigenvalue weighted by atomic mass is 79.9. The summed E-state index contributed by atoms with van der Waals surface area (Å²) in [6.45, 7) is 0. The molecular formula is C24H12BrCl2NO4. The molecule has 0 bridgehead atoms. The summed E-state index contributed by atoms with van der Waals surface area (Å²) < 4.78 is -0.188. The van der Waals surface area contributed by atoms with Crippen molar-refractivity contribution < 1.29 is 19.2 Å². The normalized spacial score (nSPS) is 13.1. The van der Waals surface area contributed by atoms with E-state index >= 15 is 0 Å². The highest BCUT2D eigenvalue weighted by Gasteiger charge is 2.39. The van der Waals surface area contributed by atoms with Crippen LogP contribution in [0.25, 0.3) is 0 Å². The van der Waals surface area contributed by atoms with Gasteiger partial charge >= 0.3 is 0 Å². The van der Waals surface area contributed by atoms with Gasteiger partial charge in [0.05, 0.1) is 4.48 Å². The van der Waals surface area contributed by atoms with Gasteiger partial charge in [-0.2, -0.15) is 0 Å². The van der Waals surface area contributed by atoms with Crippen molar-refractivity contribution >= 4 is 62.5 Å². The molecule has 32 heavy (non-hydrogen) atoms. The molecule has 0 saturated heterocycles. The van der Waals surface area contributed by atoms with E-state index in [2.05, 4.69) is 15.9 Å². The summed E-state index contributed by atoms with van der Waals surface area (Å²) >= 11 is 15.2. The van der Waals surface area contributed by atoms with E-state index in [-0.39, 0.29) is 42.5 Å². The number of hydrogen-bond acceptors (Lipinski definition) is 4. The molecule has 0 saturated carbocycles. The van der Waals surface area contributed by atoms with Crippen LogP contribution in [0.3, 0.4) is 0 Å². The van der Waals surface area contributed by atoms with E-state index in [4.69, 9.17) is 23.2 Å². The zero-order valence-corrected chi connectivity index (χ0v) is 19.2. The van der Waals surface area contributed by atoms with Gasteiger partial charge in [0.1, 0.15) is 5.70 Å². The lowest BCUT2D eigenvalue weighted by Crippen LogP contribution is -2.41. The maximum atomic E-state index is 13.5. The van der Waals surface area contributed by atoms with Gasteiger partial charge in [0.25, 0.3) is 11.8 Å². The van der Waals surface area contributed by atoms with Crippen molar-refractivity contribution in [3.63, 3.8) is 0 Å². The molecule has 0 unspecified atom stereocenters. The number of Topliss-reactive ketones (excluding diaryl/α,β-unsaturated/α-hetero) is 2. The predicted molar refractivity (Wildman–Crippen MR) is 124 cm³/mol. The smallest absolute Gasteiger partial charge is 0.265 e. The van der Waals surface area contributed by atoms with E-state index < -0.39 is 23.4 Å². The van der Waals surface area contributed by atoms with Crippen LogP contribution in [0.4, 0.5) is 0 Å². The summed E-state index contributed by atoms with van der Waals surface area (Å²) in [5.74, 6) is -2.79. The topological polar surface area (TPSA) is 71.5 Å². The molecule has 1 aliphatic carbocycles. The average molecular weight is 529 g/mol. The summed E-state index contributed by atoms with van der Waals surface area (Å²) in [6, 6.07) is 18.1. The molecule has 0 spiro atoms. The third-order valence-electron chi connectivity index (χ3n) is 4.81. The maximum absolute atomic E-state index is 13.5. The minimum Gasteiger partial charge on any atom is -0.288 e. The fraction of sp³-hybridized carbons (Fsp3) is 0. The molecule has 4 rings (SSSR count). The number of halogens is 3. The Balaban J connectivity index is 1.92. The number of ketones is 2.